The average molecular weight is 315 g/mol. The summed E-state index contributed by atoms with van der Waals surface area (Å²) in [6, 6.07) is 6.93. The summed E-state index contributed by atoms with van der Waals surface area (Å²) in [6.07, 6.45) is -0.136. The fourth-order valence-corrected chi connectivity index (χ4v) is 2.16. The zero-order chi connectivity index (χ0) is 14.4. The highest BCUT2D eigenvalue weighted by atomic mass is 35.5. The fraction of sp³-hybridized carbons (Fsp3) is 0.533. The third-order valence-electron chi connectivity index (χ3n) is 3.25. The fourth-order valence-electron chi connectivity index (χ4n) is 2.16. The van der Waals surface area contributed by atoms with Gasteiger partial charge in [0.05, 0.1) is 25.9 Å². The van der Waals surface area contributed by atoms with Crippen molar-refractivity contribution >= 4 is 5.97 Å². The van der Waals surface area contributed by atoms with Gasteiger partial charge in [0.1, 0.15) is 11.9 Å². The topological polar surface area (TPSA) is 48.0 Å². The van der Waals surface area contributed by atoms with Gasteiger partial charge in [-0.15, -0.1) is 0 Å². The Labute approximate surface area is 131 Å². The Morgan fingerprint density at radius 2 is 1.90 bits per heavy atom. The molecule has 0 N–H and O–H groups in total. The molecule has 1 aromatic rings. The van der Waals surface area contributed by atoms with Crippen LogP contribution in [-0.4, -0.2) is 56.9 Å². The minimum absolute atomic E-state index is 0. The van der Waals surface area contributed by atoms with Crippen molar-refractivity contribution in [3.05, 3.63) is 29.8 Å². The van der Waals surface area contributed by atoms with E-state index in [2.05, 4.69) is 4.90 Å². The van der Waals surface area contributed by atoms with E-state index in [0.717, 1.165) is 38.6 Å². The Hall–Kier alpha value is -1.30. The van der Waals surface area contributed by atoms with Crippen LogP contribution >= 0.6 is 0 Å². The number of hydrogen-bond acceptors (Lipinski definition) is 5. The Kier molecular flexibility index (Phi) is 7.50. The highest BCUT2D eigenvalue weighted by Crippen LogP contribution is 2.13. The van der Waals surface area contributed by atoms with E-state index in [9.17, 15) is 4.79 Å². The monoisotopic (exact) mass is 314 g/mol. The molecule has 0 aliphatic carbocycles. The first-order valence-corrected chi connectivity index (χ1v) is 6.84. The number of halogens is 1. The van der Waals surface area contributed by atoms with E-state index in [0.29, 0.717) is 5.56 Å². The molecule has 6 heteroatoms. The minimum Gasteiger partial charge on any atom is -1.00 e. The summed E-state index contributed by atoms with van der Waals surface area (Å²) in [4.78, 5) is 14.2. The Morgan fingerprint density at radius 1 is 1.29 bits per heavy atom. The summed E-state index contributed by atoms with van der Waals surface area (Å²) < 4.78 is 15.8. The highest BCUT2D eigenvalue weighted by Gasteiger charge is 2.17. The molecule has 2 rings (SSSR count). The highest BCUT2D eigenvalue weighted by molar-refractivity contribution is 5.89. The Bertz CT molecular complexity index is 432. The first-order chi connectivity index (χ1) is 9.69. The summed E-state index contributed by atoms with van der Waals surface area (Å²) in [5, 5.41) is 0. The number of carbonyl (C=O) groups excluding carboxylic acids is 1. The number of hydrogen-bond donors (Lipinski definition) is 0. The van der Waals surface area contributed by atoms with Gasteiger partial charge in [-0.05, 0) is 31.2 Å². The summed E-state index contributed by atoms with van der Waals surface area (Å²) in [7, 11) is 1.59. The van der Waals surface area contributed by atoms with Crippen molar-refractivity contribution in [2.24, 2.45) is 0 Å². The van der Waals surface area contributed by atoms with E-state index >= 15 is 0 Å². The van der Waals surface area contributed by atoms with E-state index in [-0.39, 0.29) is 24.5 Å². The van der Waals surface area contributed by atoms with E-state index in [1.165, 1.54) is 0 Å². The molecule has 1 aromatic carbocycles. The predicted molar refractivity (Wildman–Crippen MR) is 75.1 cm³/mol. The second-order valence-corrected chi connectivity index (χ2v) is 4.86. The van der Waals surface area contributed by atoms with Crippen LogP contribution in [0.1, 0.15) is 17.3 Å². The smallest absolute Gasteiger partial charge is 0.338 e. The number of esters is 1. The van der Waals surface area contributed by atoms with Gasteiger partial charge in [0.2, 0.25) is 0 Å². The summed E-state index contributed by atoms with van der Waals surface area (Å²) in [5.41, 5.74) is 0.541. The van der Waals surface area contributed by atoms with Crippen molar-refractivity contribution in [2.45, 2.75) is 13.0 Å². The van der Waals surface area contributed by atoms with Gasteiger partial charge >= 0.3 is 5.97 Å². The van der Waals surface area contributed by atoms with Crippen LogP contribution in [0.5, 0.6) is 5.75 Å². The third-order valence-corrected chi connectivity index (χ3v) is 3.25. The zero-order valence-corrected chi connectivity index (χ0v) is 13.1. The summed E-state index contributed by atoms with van der Waals surface area (Å²) in [5.74, 6) is 0.427. The van der Waals surface area contributed by atoms with E-state index in [1.54, 1.807) is 31.4 Å². The first kappa shape index (κ1) is 17.8. The van der Waals surface area contributed by atoms with Gasteiger partial charge in [0.15, 0.2) is 0 Å². The number of carbonyl (C=O) groups is 1. The van der Waals surface area contributed by atoms with Crippen LogP contribution in [0, 0.1) is 0 Å². The van der Waals surface area contributed by atoms with Crippen LogP contribution in [0.3, 0.4) is 0 Å². The van der Waals surface area contributed by atoms with Crippen LogP contribution in [-0.2, 0) is 9.47 Å². The second kappa shape index (κ2) is 8.87. The van der Waals surface area contributed by atoms with Gasteiger partial charge in [-0.2, -0.15) is 0 Å². The van der Waals surface area contributed by atoms with E-state index in [4.69, 9.17) is 14.2 Å². The maximum atomic E-state index is 12.0. The van der Waals surface area contributed by atoms with Crippen molar-refractivity contribution in [1.82, 2.24) is 4.90 Å². The summed E-state index contributed by atoms with van der Waals surface area (Å²) >= 11 is 0. The molecule has 0 bridgehead atoms. The molecule has 0 amide bonds. The molecular weight excluding hydrogens is 294 g/mol. The molecule has 21 heavy (non-hydrogen) atoms. The largest absolute Gasteiger partial charge is 1.00 e. The molecular formula is C15H21ClNO4-. The number of methoxy groups -OCH3 is 1. The van der Waals surface area contributed by atoms with Crippen molar-refractivity contribution in [3.63, 3.8) is 0 Å². The molecule has 1 aliphatic heterocycles. The normalized spacial score (nSPS) is 16.7. The molecule has 5 nitrogen and oxygen atoms in total. The number of morpholine rings is 1. The van der Waals surface area contributed by atoms with Crippen LogP contribution in [0.25, 0.3) is 0 Å². The molecule has 0 spiro atoms. The molecule has 1 unspecified atom stereocenters. The maximum Gasteiger partial charge on any atom is 0.338 e. The standard InChI is InChI=1S/C15H21NO4.ClH/c1-12(11-16-7-9-19-10-8-16)20-15(17)13-3-5-14(18-2)6-4-13;/h3-6,12H,7-11H2,1-2H3;1H/p-1. The van der Waals surface area contributed by atoms with Gasteiger partial charge in [-0.25, -0.2) is 4.79 Å². The number of nitrogens with zero attached hydrogens (tertiary/aromatic N) is 1. The third kappa shape index (κ3) is 5.53. The van der Waals surface area contributed by atoms with Gasteiger partial charge < -0.3 is 26.6 Å². The molecule has 1 atom stereocenters. The zero-order valence-electron chi connectivity index (χ0n) is 12.4. The SMILES string of the molecule is COc1ccc(C(=O)OC(C)CN2CCOCC2)cc1.[Cl-]. The molecule has 1 fully saturated rings. The Morgan fingerprint density at radius 3 is 2.48 bits per heavy atom. The first-order valence-electron chi connectivity index (χ1n) is 6.84. The second-order valence-electron chi connectivity index (χ2n) is 4.86. The lowest BCUT2D eigenvalue weighted by molar-refractivity contribution is -0.000648. The van der Waals surface area contributed by atoms with Gasteiger partial charge in [0, 0.05) is 19.6 Å². The van der Waals surface area contributed by atoms with Crippen molar-refractivity contribution in [3.8, 4) is 5.75 Å². The quantitative estimate of drug-likeness (QED) is 0.624. The maximum absolute atomic E-state index is 12.0. The number of rotatable bonds is 5. The molecule has 1 saturated heterocycles. The lowest BCUT2D eigenvalue weighted by Crippen LogP contribution is -3.00. The summed E-state index contributed by atoms with van der Waals surface area (Å²) in [6.45, 7) is 5.94. The van der Waals surface area contributed by atoms with Gasteiger partial charge in [0.25, 0.3) is 0 Å². The van der Waals surface area contributed by atoms with Gasteiger partial charge in [-0.3, -0.25) is 4.90 Å². The number of benzene rings is 1. The van der Waals surface area contributed by atoms with Crippen LogP contribution < -0.4 is 17.1 Å². The Balaban J connectivity index is 0.00000220. The molecule has 0 radical (unpaired) electrons. The molecule has 1 aliphatic rings. The van der Waals surface area contributed by atoms with E-state index < -0.39 is 0 Å². The van der Waals surface area contributed by atoms with Crippen LogP contribution in [0.2, 0.25) is 0 Å². The van der Waals surface area contributed by atoms with E-state index in [1.807, 2.05) is 6.92 Å². The lowest BCUT2D eigenvalue weighted by Gasteiger charge is -2.28. The predicted octanol–water partition coefficient (Wildman–Crippen LogP) is -1.42. The van der Waals surface area contributed by atoms with Crippen molar-refractivity contribution < 1.29 is 31.4 Å². The van der Waals surface area contributed by atoms with Crippen LogP contribution in [0.4, 0.5) is 0 Å². The van der Waals surface area contributed by atoms with Crippen LogP contribution in [0.15, 0.2) is 24.3 Å². The molecule has 0 aromatic heterocycles. The minimum atomic E-state index is -0.298. The van der Waals surface area contributed by atoms with Crippen molar-refractivity contribution in [1.29, 1.82) is 0 Å². The molecule has 1 heterocycles. The number of ether oxygens (including phenoxy) is 3. The van der Waals surface area contributed by atoms with Crippen molar-refractivity contribution in [2.75, 3.05) is 40.0 Å². The molecule has 0 saturated carbocycles. The van der Waals surface area contributed by atoms with Gasteiger partial charge in [-0.1, -0.05) is 0 Å². The average Bonchev–Trinajstić information content (AvgIpc) is 2.48. The molecule has 118 valence electrons. The lowest BCUT2D eigenvalue weighted by atomic mass is 10.2.